The number of halogens is 1. The van der Waals surface area contributed by atoms with Crippen LogP contribution >= 0.6 is 15.9 Å². The van der Waals surface area contributed by atoms with Crippen molar-refractivity contribution in [3.05, 3.63) is 22.2 Å². The molecule has 0 amide bonds. The molecule has 1 aliphatic carbocycles. The molecule has 3 nitrogen and oxygen atoms in total. The fourth-order valence-corrected chi connectivity index (χ4v) is 3.30. The summed E-state index contributed by atoms with van der Waals surface area (Å²) >= 11 is 3.53. The minimum atomic E-state index is 0.321. The van der Waals surface area contributed by atoms with Crippen LogP contribution in [-0.2, 0) is 6.54 Å². The van der Waals surface area contributed by atoms with Crippen LogP contribution in [0.25, 0.3) is 0 Å². The van der Waals surface area contributed by atoms with Crippen molar-refractivity contribution in [3.8, 4) is 11.5 Å². The normalized spacial score (nSPS) is 18.9. The Hall–Kier alpha value is -0.740. The van der Waals surface area contributed by atoms with Crippen LogP contribution in [0.5, 0.6) is 11.5 Å². The smallest absolute Gasteiger partial charge is 0.231 e. The van der Waals surface area contributed by atoms with E-state index in [0.29, 0.717) is 12.2 Å². The monoisotopic (exact) mass is 325 g/mol. The number of hydrogen-bond acceptors (Lipinski definition) is 3. The highest BCUT2D eigenvalue weighted by Gasteiger charge is 2.44. The molecule has 0 bridgehead atoms. The molecule has 1 fully saturated rings. The molecule has 1 N–H and O–H groups in total. The van der Waals surface area contributed by atoms with Crippen molar-refractivity contribution in [3.63, 3.8) is 0 Å². The first kappa shape index (κ1) is 13.3. The maximum Gasteiger partial charge on any atom is 0.231 e. The zero-order valence-electron chi connectivity index (χ0n) is 11.5. The molecule has 4 heteroatoms. The van der Waals surface area contributed by atoms with Gasteiger partial charge in [-0.25, -0.2) is 0 Å². The second-order valence-electron chi connectivity index (χ2n) is 5.93. The molecule has 1 aromatic rings. The van der Waals surface area contributed by atoms with Gasteiger partial charge in [0, 0.05) is 13.1 Å². The average molecular weight is 326 g/mol. The van der Waals surface area contributed by atoms with Crippen molar-refractivity contribution in [1.29, 1.82) is 0 Å². The van der Waals surface area contributed by atoms with E-state index in [1.807, 2.05) is 0 Å². The Morgan fingerprint density at radius 1 is 1.32 bits per heavy atom. The molecule has 1 saturated carbocycles. The molecule has 1 aromatic carbocycles. The van der Waals surface area contributed by atoms with Crippen LogP contribution < -0.4 is 14.8 Å². The zero-order valence-corrected chi connectivity index (χ0v) is 13.0. The molecule has 19 heavy (non-hydrogen) atoms. The standard InChI is InChI=1S/C15H20BrNO2/c1-10(2)15(3-4-15)8-17-7-11-5-12(16)14-13(6-11)18-9-19-14/h5-6,10,17H,3-4,7-9H2,1-2H3. The van der Waals surface area contributed by atoms with E-state index in [9.17, 15) is 0 Å². The number of nitrogens with one attached hydrogen (secondary N) is 1. The molecule has 1 aliphatic heterocycles. The third-order valence-electron chi connectivity index (χ3n) is 4.41. The van der Waals surface area contributed by atoms with Crippen molar-refractivity contribution < 1.29 is 9.47 Å². The highest BCUT2D eigenvalue weighted by atomic mass is 79.9. The molecule has 0 atom stereocenters. The summed E-state index contributed by atoms with van der Waals surface area (Å²) in [6.07, 6.45) is 2.73. The summed E-state index contributed by atoms with van der Waals surface area (Å²) in [6, 6.07) is 4.17. The fraction of sp³-hybridized carbons (Fsp3) is 0.600. The molecule has 0 saturated heterocycles. The van der Waals surface area contributed by atoms with Gasteiger partial charge in [-0.05, 0) is 57.8 Å². The SMILES string of the molecule is CC(C)C1(CNCc2cc(Br)c3c(c2)OCO3)CC1. The topological polar surface area (TPSA) is 30.5 Å². The van der Waals surface area contributed by atoms with Crippen molar-refractivity contribution in [1.82, 2.24) is 5.32 Å². The van der Waals surface area contributed by atoms with E-state index in [2.05, 4.69) is 47.2 Å². The van der Waals surface area contributed by atoms with Gasteiger partial charge in [0.1, 0.15) is 0 Å². The van der Waals surface area contributed by atoms with Crippen LogP contribution in [0.15, 0.2) is 16.6 Å². The minimum absolute atomic E-state index is 0.321. The van der Waals surface area contributed by atoms with Gasteiger partial charge in [-0.15, -0.1) is 0 Å². The van der Waals surface area contributed by atoms with Gasteiger partial charge in [0.2, 0.25) is 6.79 Å². The van der Waals surface area contributed by atoms with Gasteiger partial charge >= 0.3 is 0 Å². The van der Waals surface area contributed by atoms with Crippen molar-refractivity contribution in [2.24, 2.45) is 11.3 Å². The predicted molar refractivity (Wildman–Crippen MR) is 78.5 cm³/mol. The van der Waals surface area contributed by atoms with E-state index < -0.39 is 0 Å². The first-order valence-corrected chi connectivity index (χ1v) is 7.69. The first-order valence-electron chi connectivity index (χ1n) is 6.89. The van der Waals surface area contributed by atoms with Gasteiger partial charge in [-0.2, -0.15) is 0 Å². The summed E-state index contributed by atoms with van der Waals surface area (Å²) in [6.45, 7) is 6.96. The van der Waals surface area contributed by atoms with E-state index in [1.54, 1.807) is 0 Å². The van der Waals surface area contributed by atoms with E-state index in [4.69, 9.17) is 9.47 Å². The predicted octanol–water partition coefficient (Wildman–Crippen LogP) is 3.70. The largest absolute Gasteiger partial charge is 0.454 e. The lowest BCUT2D eigenvalue weighted by Crippen LogP contribution is -2.27. The maximum absolute atomic E-state index is 5.44. The Morgan fingerprint density at radius 2 is 2.11 bits per heavy atom. The number of benzene rings is 1. The van der Waals surface area contributed by atoms with Gasteiger partial charge in [0.05, 0.1) is 4.47 Å². The van der Waals surface area contributed by atoms with E-state index in [1.165, 1.54) is 18.4 Å². The molecular formula is C15H20BrNO2. The average Bonchev–Trinajstić information content (AvgIpc) is 2.99. The highest BCUT2D eigenvalue weighted by Crippen LogP contribution is 2.51. The van der Waals surface area contributed by atoms with Crippen LogP contribution in [0.3, 0.4) is 0 Å². The van der Waals surface area contributed by atoms with Gasteiger partial charge < -0.3 is 14.8 Å². The summed E-state index contributed by atoms with van der Waals surface area (Å²) in [5, 5.41) is 3.59. The van der Waals surface area contributed by atoms with Crippen LogP contribution in [0, 0.1) is 11.3 Å². The Kier molecular flexibility index (Phi) is 3.48. The minimum Gasteiger partial charge on any atom is -0.454 e. The molecule has 0 radical (unpaired) electrons. The molecule has 0 spiro atoms. The molecule has 0 unspecified atom stereocenters. The van der Waals surface area contributed by atoms with E-state index in [-0.39, 0.29) is 0 Å². The summed E-state index contributed by atoms with van der Waals surface area (Å²) in [7, 11) is 0. The van der Waals surface area contributed by atoms with Gasteiger partial charge in [-0.3, -0.25) is 0 Å². The zero-order chi connectivity index (χ0) is 13.5. The maximum atomic E-state index is 5.44. The number of fused-ring (bicyclic) bond motifs is 1. The highest BCUT2D eigenvalue weighted by molar-refractivity contribution is 9.10. The lowest BCUT2D eigenvalue weighted by Gasteiger charge is -2.20. The summed E-state index contributed by atoms with van der Waals surface area (Å²) in [4.78, 5) is 0. The van der Waals surface area contributed by atoms with Gasteiger partial charge in [0.15, 0.2) is 11.5 Å². The third kappa shape index (κ3) is 2.61. The molecule has 104 valence electrons. The molecule has 2 aliphatic rings. The number of hydrogen-bond donors (Lipinski definition) is 1. The molecule has 3 rings (SSSR count). The van der Waals surface area contributed by atoms with Gasteiger partial charge in [0.25, 0.3) is 0 Å². The Labute approximate surface area is 122 Å². The molecule has 0 aromatic heterocycles. The molecule has 1 heterocycles. The van der Waals surface area contributed by atoms with Crippen molar-refractivity contribution in [2.75, 3.05) is 13.3 Å². The van der Waals surface area contributed by atoms with Crippen LogP contribution in [0.4, 0.5) is 0 Å². The van der Waals surface area contributed by atoms with E-state index in [0.717, 1.165) is 35.0 Å². The Balaban J connectivity index is 1.60. The summed E-state index contributed by atoms with van der Waals surface area (Å²) in [5.41, 5.74) is 1.78. The third-order valence-corrected chi connectivity index (χ3v) is 5.00. The number of ether oxygens (including phenoxy) is 2. The van der Waals surface area contributed by atoms with Gasteiger partial charge in [-0.1, -0.05) is 13.8 Å². The number of rotatable bonds is 5. The fourth-order valence-electron chi connectivity index (χ4n) is 2.70. The second-order valence-corrected chi connectivity index (χ2v) is 6.79. The molecular weight excluding hydrogens is 306 g/mol. The van der Waals surface area contributed by atoms with Crippen LogP contribution in [0.2, 0.25) is 0 Å². The second kappa shape index (κ2) is 4.98. The van der Waals surface area contributed by atoms with Crippen molar-refractivity contribution in [2.45, 2.75) is 33.2 Å². The summed E-state index contributed by atoms with van der Waals surface area (Å²) < 4.78 is 11.8. The Bertz CT molecular complexity index is 483. The van der Waals surface area contributed by atoms with E-state index >= 15 is 0 Å². The van der Waals surface area contributed by atoms with Crippen LogP contribution in [-0.4, -0.2) is 13.3 Å². The lowest BCUT2D eigenvalue weighted by atomic mass is 9.92. The first-order chi connectivity index (χ1) is 9.11. The van der Waals surface area contributed by atoms with Crippen LogP contribution in [0.1, 0.15) is 32.3 Å². The van der Waals surface area contributed by atoms with Crippen molar-refractivity contribution >= 4 is 15.9 Å². The summed E-state index contributed by atoms with van der Waals surface area (Å²) in [5.74, 6) is 2.43. The Morgan fingerprint density at radius 3 is 2.79 bits per heavy atom. The quantitative estimate of drug-likeness (QED) is 0.895. The lowest BCUT2D eigenvalue weighted by molar-refractivity contribution is 0.173.